The van der Waals surface area contributed by atoms with E-state index in [1.54, 1.807) is 7.11 Å². The third-order valence-corrected chi connectivity index (χ3v) is 15.4. The quantitative estimate of drug-likeness (QED) is 0.0304. The molecule has 0 unspecified atom stereocenters. The summed E-state index contributed by atoms with van der Waals surface area (Å²) in [5, 5.41) is 10.3. The largest absolute Gasteiger partial charge is 0.457 e. The predicted octanol–water partition coefficient (Wildman–Crippen LogP) is 12.1. The topological polar surface area (TPSA) is 91.3 Å². The van der Waals surface area contributed by atoms with Crippen molar-refractivity contribution in [2.75, 3.05) is 20.3 Å². The van der Waals surface area contributed by atoms with Crippen LogP contribution in [0.15, 0.2) is 0 Å². The molecule has 0 amide bonds. The number of aliphatic hydroxyl groups is 1. The zero-order valence-corrected chi connectivity index (χ0v) is 36.1. The van der Waals surface area contributed by atoms with Gasteiger partial charge in [-0.1, -0.05) is 176 Å². The lowest BCUT2D eigenvalue weighted by molar-refractivity contribution is -0.211. The number of methoxy groups -OCH3 is 1. The van der Waals surface area contributed by atoms with Crippen LogP contribution in [0, 0.1) is 0 Å². The van der Waals surface area contributed by atoms with E-state index in [4.69, 9.17) is 18.6 Å². The first-order valence-electron chi connectivity index (χ1n) is 21.5. The molecule has 7 nitrogen and oxygen atoms in total. The molecule has 1 fully saturated rings. The zero-order chi connectivity index (χ0) is 38.2. The van der Waals surface area contributed by atoms with Gasteiger partial charge in [-0.2, -0.15) is 0 Å². The molecule has 1 saturated heterocycles. The first kappa shape index (κ1) is 50.2. The Morgan fingerprint density at radius 2 is 1.16 bits per heavy atom. The molecule has 8 heteroatoms. The van der Waals surface area contributed by atoms with E-state index in [0.29, 0.717) is 26.1 Å². The summed E-state index contributed by atoms with van der Waals surface area (Å²) in [6.45, 7) is 16.7. The molecule has 51 heavy (non-hydrogen) atoms. The molecule has 1 aliphatic heterocycles. The Kier molecular flexibility index (Phi) is 32.1. The molecule has 1 rings (SSSR count). The van der Waals surface area contributed by atoms with Gasteiger partial charge in [-0.3, -0.25) is 0 Å². The summed E-state index contributed by atoms with van der Waals surface area (Å²) in [6.07, 6.45) is 32.1. The average molecular weight is 743 g/mol. The highest BCUT2D eigenvalue weighted by atomic mass is 28.4. The van der Waals surface area contributed by atoms with Crippen LogP contribution in [0.3, 0.4) is 0 Å². The molecular formula is C43H86O7Si. The van der Waals surface area contributed by atoms with Gasteiger partial charge in [-0.05, 0) is 31.0 Å². The fourth-order valence-corrected chi connectivity index (χ4v) is 7.76. The molecule has 4 atom stereocenters. The van der Waals surface area contributed by atoms with Crippen molar-refractivity contribution in [3.63, 3.8) is 0 Å². The molecule has 1 N–H and O–H groups in total. The number of ether oxygens (including phenoxy) is 3. The number of esters is 1. The molecule has 0 bridgehead atoms. The maximum Gasteiger partial charge on any atom is 0.339 e. The number of unbranched alkanes of at least 4 members (excludes halogenated alkanes) is 20. The number of aldehydes is 1. The molecule has 304 valence electrons. The molecule has 0 aromatic carbocycles. The highest BCUT2D eigenvalue weighted by molar-refractivity contribution is 6.74. The molecule has 1 heterocycles. The number of aliphatic hydroxyl groups excluding tert-OH is 1. The van der Waals surface area contributed by atoms with Crippen molar-refractivity contribution >= 4 is 20.6 Å². The molecule has 0 aromatic rings. The third-order valence-electron chi connectivity index (χ3n) is 10.8. The van der Waals surface area contributed by atoms with E-state index < -0.39 is 20.5 Å². The first-order chi connectivity index (χ1) is 24.4. The van der Waals surface area contributed by atoms with Crippen LogP contribution in [-0.4, -0.2) is 70.4 Å². The minimum atomic E-state index is -1.76. The Labute approximate surface area is 317 Å². The van der Waals surface area contributed by atoms with Gasteiger partial charge in [0.05, 0.1) is 25.4 Å². The van der Waals surface area contributed by atoms with E-state index in [9.17, 15) is 14.7 Å². The number of hydrogen-bond donors (Lipinski definition) is 1. The Bertz CT molecular complexity index is 800. The van der Waals surface area contributed by atoms with Crippen LogP contribution in [-0.2, 0) is 28.2 Å². The highest BCUT2D eigenvalue weighted by Crippen LogP contribution is 2.38. The molecule has 0 aromatic heterocycles. The van der Waals surface area contributed by atoms with Gasteiger partial charge >= 0.3 is 5.97 Å². The number of carbonyl (C=O) groups is 2. The summed E-state index contributed by atoms with van der Waals surface area (Å²) in [5.74, 6) is -0.326. The highest BCUT2D eigenvalue weighted by Gasteiger charge is 2.44. The van der Waals surface area contributed by atoms with E-state index in [2.05, 4.69) is 47.7 Å². The van der Waals surface area contributed by atoms with Crippen molar-refractivity contribution in [2.45, 2.75) is 244 Å². The van der Waals surface area contributed by atoms with Crippen molar-refractivity contribution in [3.05, 3.63) is 0 Å². The van der Waals surface area contributed by atoms with Gasteiger partial charge in [0.1, 0.15) is 12.4 Å². The Balaban J connectivity index is 0.000000982. The van der Waals surface area contributed by atoms with E-state index >= 15 is 0 Å². The summed E-state index contributed by atoms with van der Waals surface area (Å²) in [5.41, 5.74) is 0. The van der Waals surface area contributed by atoms with Crippen molar-refractivity contribution in [1.82, 2.24) is 0 Å². The molecule has 0 spiro atoms. The van der Waals surface area contributed by atoms with Crippen LogP contribution in [0.4, 0.5) is 0 Å². The van der Waals surface area contributed by atoms with Crippen molar-refractivity contribution in [2.24, 2.45) is 0 Å². The molecular weight excluding hydrogens is 657 g/mol. The van der Waals surface area contributed by atoms with Crippen LogP contribution in [0.2, 0.25) is 18.1 Å². The van der Waals surface area contributed by atoms with Gasteiger partial charge in [0.2, 0.25) is 0 Å². The first-order valence-corrected chi connectivity index (χ1v) is 24.4. The minimum Gasteiger partial charge on any atom is -0.457 e. The standard InChI is InChI=1S/C22H46O2Si.C21H40O5/c1-7-8-9-10-11-12-13-14-15-16-17-18-21(19-20-23)24-25(5,6)22(2,3)4;1-3-4-5-6-7-8-9-10-11-12-13-14-18(22)17-19-20(21(23)26-19)25-16-15-24-2/h20-21H,7-19H2,1-6H3;18-20,22H,3-17H2,1-2H3/t21-;18-,19+,20+/m01/s1. The lowest BCUT2D eigenvalue weighted by atomic mass is 9.98. The van der Waals surface area contributed by atoms with E-state index in [0.717, 1.165) is 25.5 Å². The lowest BCUT2D eigenvalue weighted by Crippen LogP contribution is -2.53. The van der Waals surface area contributed by atoms with Crippen LogP contribution in [0.5, 0.6) is 0 Å². The summed E-state index contributed by atoms with van der Waals surface area (Å²) < 4.78 is 21.9. The van der Waals surface area contributed by atoms with E-state index in [-0.39, 0.29) is 23.2 Å². The molecule has 1 aliphatic rings. The van der Waals surface area contributed by atoms with E-state index in [1.807, 2.05) is 0 Å². The van der Waals surface area contributed by atoms with Crippen molar-refractivity contribution < 1.29 is 33.3 Å². The van der Waals surface area contributed by atoms with Gasteiger partial charge in [0.15, 0.2) is 14.4 Å². The van der Waals surface area contributed by atoms with Gasteiger partial charge in [0.25, 0.3) is 0 Å². The molecule has 0 aliphatic carbocycles. The Hall–Kier alpha value is -0.803. The number of cyclic esters (lactones) is 1. The molecule has 0 saturated carbocycles. The maximum atomic E-state index is 11.4. The average Bonchev–Trinajstić information content (AvgIpc) is 3.07. The zero-order valence-electron chi connectivity index (χ0n) is 35.1. The fourth-order valence-electron chi connectivity index (χ4n) is 6.36. The summed E-state index contributed by atoms with van der Waals surface area (Å²) in [7, 11) is -0.170. The Morgan fingerprint density at radius 3 is 1.55 bits per heavy atom. The number of hydrogen-bond acceptors (Lipinski definition) is 7. The lowest BCUT2D eigenvalue weighted by Gasteiger charge is -2.39. The van der Waals surface area contributed by atoms with Crippen LogP contribution in [0.1, 0.15) is 202 Å². The normalized spacial score (nSPS) is 17.3. The van der Waals surface area contributed by atoms with Gasteiger partial charge in [-0.25, -0.2) is 4.79 Å². The van der Waals surface area contributed by atoms with Crippen molar-refractivity contribution in [3.8, 4) is 0 Å². The Morgan fingerprint density at radius 1 is 0.725 bits per heavy atom. The van der Waals surface area contributed by atoms with Crippen LogP contribution >= 0.6 is 0 Å². The monoisotopic (exact) mass is 743 g/mol. The second-order valence-corrected chi connectivity index (χ2v) is 21.5. The maximum absolute atomic E-state index is 11.4. The summed E-state index contributed by atoms with van der Waals surface area (Å²) in [6, 6.07) is 0. The van der Waals surface area contributed by atoms with Gasteiger partial charge < -0.3 is 28.5 Å². The van der Waals surface area contributed by atoms with Crippen molar-refractivity contribution in [1.29, 1.82) is 0 Å². The fraction of sp³-hybridized carbons (Fsp3) is 0.953. The number of carbonyl (C=O) groups excluding carboxylic acids is 2. The molecule has 0 radical (unpaired) electrons. The minimum absolute atomic E-state index is 0.136. The van der Waals surface area contributed by atoms with Crippen LogP contribution in [0.25, 0.3) is 0 Å². The van der Waals surface area contributed by atoms with Gasteiger partial charge in [0, 0.05) is 20.0 Å². The smallest absolute Gasteiger partial charge is 0.339 e. The SMILES string of the molecule is CCCCCCCCCCCCC[C@@H](CC=O)O[Si](C)(C)C(C)(C)C.CCCCCCCCCCCCC[C@@H](O)C[C@@H]1OC(=O)[C@H]1OCCOC. The second kappa shape index (κ2) is 32.6. The summed E-state index contributed by atoms with van der Waals surface area (Å²) >= 11 is 0. The third kappa shape index (κ3) is 27.4. The van der Waals surface area contributed by atoms with Gasteiger partial charge in [-0.15, -0.1) is 0 Å². The second-order valence-electron chi connectivity index (χ2n) is 16.7. The predicted molar refractivity (Wildman–Crippen MR) is 217 cm³/mol. The summed E-state index contributed by atoms with van der Waals surface area (Å²) in [4.78, 5) is 22.4. The van der Waals surface area contributed by atoms with Crippen LogP contribution < -0.4 is 0 Å². The van der Waals surface area contributed by atoms with E-state index in [1.165, 1.54) is 135 Å². The number of rotatable bonds is 34.